The molecule has 4 rings (SSSR count). The Balaban J connectivity index is 1.50. The first-order valence-electron chi connectivity index (χ1n) is 8.67. The van der Waals surface area contributed by atoms with Crippen LogP contribution in [0.25, 0.3) is 10.9 Å². The normalized spacial score (nSPS) is 14.4. The van der Waals surface area contributed by atoms with Crippen LogP contribution in [-0.2, 0) is 0 Å². The van der Waals surface area contributed by atoms with Crippen LogP contribution in [0.4, 0.5) is 5.69 Å². The molecule has 0 saturated carbocycles. The highest BCUT2D eigenvalue weighted by atomic mass is 16.5. The minimum Gasteiger partial charge on any atom is -0.480 e. The summed E-state index contributed by atoms with van der Waals surface area (Å²) < 4.78 is 5.33. The molecule has 0 spiro atoms. The van der Waals surface area contributed by atoms with Crippen LogP contribution in [-0.4, -0.2) is 59.0 Å². The number of fused-ring (bicyclic) bond motifs is 1. The van der Waals surface area contributed by atoms with Crippen molar-refractivity contribution >= 4 is 22.5 Å². The third-order valence-electron chi connectivity index (χ3n) is 4.73. The molecule has 1 fully saturated rings. The van der Waals surface area contributed by atoms with Gasteiger partial charge in [-0.2, -0.15) is 0 Å². The summed E-state index contributed by atoms with van der Waals surface area (Å²) in [7, 11) is 1.59. The molecular formula is C19H19N5O3. The van der Waals surface area contributed by atoms with Gasteiger partial charge < -0.3 is 19.5 Å². The van der Waals surface area contributed by atoms with Gasteiger partial charge in [0.25, 0.3) is 5.91 Å². The summed E-state index contributed by atoms with van der Waals surface area (Å²) in [6.07, 6.45) is 2.98. The van der Waals surface area contributed by atoms with E-state index in [0.29, 0.717) is 37.6 Å². The lowest BCUT2D eigenvalue weighted by Crippen LogP contribution is -2.48. The Morgan fingerprint density at radius 2 is 1.93 bits per heavy atom. The molecule has 1 aliphatic heterocycles. The highest BCUT2D eigenvalue weighted by Gasteiger charge is 2.23. The average molecular weight is 365 g/mol. The molecule has 3 heterocycles. The molecule has 8 heteroatoms. The zero-order valence-electron chi connectivity index (χ0n) is 14.9. The minimum absolute atomic E-state index is 0.116. The number of aromatic amines is 1. The lowest BCUT2D eigenvalue weighted by molar-refractivity contribution is 0.0746. The number of benzene rings is 1. The molecule has 2 aromatic heterocycles. The number of piperazine rings is 1. The van der Waals surface area contributed by atoms with Crippen LogP contribution in [0, 0.1) is 0 Å². The van der Waals surface area contributed by atoms with Gasteiger partial charge in [0.1, 0.15) is 6.33 Å². The van der Waals surface area contributed by atoms with Crippen LogP contribution in [0.2, 0.25) is 0 Å². The number of ether oxygens (including phenoxy) is 1. The largest absolute Gasteiger partial charge is 0.480 e. The number of carbonyl (C=O) groups is 1. The summed E-state index contributed by atoms with van der Waals surface area (Å²) in [4.78, 5) is 38.9. The highest BCUT2D eigenvalue weighted by Crippen LogP contribution is 2.27. The third kappa shape index (κ3) is 3.33. The SMILES string of the molecule is COc1ncnc2ccc(N3CCN(C(=O)c4cc[nH]c(=O)c4)CC3)cc12. The Bertz CT molecular complexity index is 1040. The number of methoxy groups -OCH3 is 1. The van der Waals surface area contributed by atoms with E-state index in [1.807, 2.05) is 18.2 Å². The van der Waals surface area contributed by atoms with E-state index >= 15 is 0 Å². The molecule has 0 bridgehead atoms. The van der Waals surface area contributed by atoms with Gasteiger partial charge in [-0.05, 0) is 24.3 Å². The smallest absolute Gasteiger partial charge is 0.254 e. The first-order valence-corrected chi connectivity index (χ1v) is 8.67. The van der Waals surface area contributed by atoms with Crippen LogP contribution in [0.5, 0.6) is 5.88 Å². The van der Waals surface area contributed by atoms with Crippen molar-refractivity contribution in [1.82, 2.24) is 19.9 Å². The topological polar surface area (TPSA) is 91.4 Å². The number of anilines is 1. The number of amides is 1. The first kappa shape index (κ1) is 17.0. The molecule has 0 unspecified atom stereocenters. The van der Waals surface area contributed by atoms with Gasteiger partial charge in [0.05, 0.1) is 18.0 Å². The van der Waals surface area contributed by atoms with Crippen LogP contribution < -0.4 is 15.2 Å². The molecule has 8 nitrogen and oxygen atoms in total. The number of rotatable bonds is 3. The Morgan fingerprint density at radius 1 is 1.11 bits per heavy atom. The lowest BCUT2D eigenvalue weighted by Gasteiger charge is -2.36. The van der Waals surface area contributed by atoms with Crippen LogP contribution >= 0.6 is 0 Å². The molecule has 1 N–H and O–H groups in total. The number of hydrogen-bond donors (Lipinski definition) is 1. The maximum absolute atomic E-state index is 12.6. The zero-order chi connectivity index (χ0) is 18.8. The second kappa shape index (κ2) is 7.06. The van der Waals surface area contributed by atoms with E-state index in [2.05, 4.69) is 19.9 Å². The molecule has 0 atom stereocenters. The van der Waals surface area contributed by atoms with E-state index in [9.17, 15) is 9.59 Å². The van der Waals surface area contributed by atoms with Crippen molar-refractivity contribution < 1.29 is 9.53 Å². The van der Waals surface area contributed by atoms with Gasteiger partial charge in [-0.1, -0.05) is 0 Å². The maximum atomic E-state index is 12.6. The van der Waals surface area contributed by atoms with E-state index in [-0.39, 0.29) is 11.5 Å². The van der Waals surface area contributed by atoms with Crippen molar-refractivity contribution in [2.45, 2.75) is 0 Å². The average Bonchev–Trinajstić information content (AvgIpc) is 2.72. The highest BCUT2D eigenvalue weighted by molar-refractivity contribution is 5.94. The fraction of sp³-hybridized carbons (Fsp3) is 0.263. The summed E-state index contributed by atoms with van der Waals surface area (Å²) in [6.45, 7) is 2.59. The number of carbonyl (C=O) groups excluding carboxylic acids is 1. The summed E-state index contributed by atoms with van der Waals surface area (Å²) in [6, 6.07) is 8.95. The molecular weight excluding hydrogens is 346 g/mol. The molecule has 1 saturated heterocycles. The number of aromatic nitrogens is 3. The second-order valence-electron chi connectivity index (χ2n) is 6.31. The van der Waals surface area contributed by atoms with Gasteiger partial charge in [0.2, 0.25) is 11.4 Å². The fourth-order valence-electron chi connectivity index (χ4n) is 3.31. The molecule has 0 aliphatic carbocycles. The summed E-state index contributed by atoms with van der Waals surface area (Å²) in [5, 5.41) is 0.861. The molecule has 0 radical (unpaired) electrons. The number of nitrogens with zero attached hydrogens (tertiary/aromatic N) is 4. The quantitative estimate of drug-likeness (QED) is 0.752. The van der Waals surface area contributed by atoms with Crippen molar-refractivity contribution in [3.63, 3.8) is 0 Å². The Labute approximate surface area is 155 Å². The number of hydrogen-bond acceptors (Lipinski definition) is 6. The fourth-order valence-corrected chi connectivity index (χ4v) is 3.31. The minimum atomic E-state index is -0.271. The maximum Gasteiger partial charge on any atom is 0.254 e. The van der Waals surface area contributed by atoms with Gasteiger partial charge in [0, 0.05) is 49.7 Å². The lowest BCUT2D eigenvalue weighted by atomic mass is 10.1. The van der Waals surface area contributed by atoms with Crippen molar-refractivity contribution in [2.75, 3.05) is 38.2 Å². The molecule has 3 aromatic rings. The van der Waals surface area contributed by atoms with E-state index in [1.165, 1.54) is 18.6 Å². The summed E-state index contributed by atoms with van der Waals surface area (Å²) in [5.41, 5.74) is 2.01. The Morgan fingerprint density at radius 3 is 2.67 bits per heavy atom. The van der Waals surface area contributed by atoms with Crippen molar-refractivity contribution in [2.24, 2.45) is 0 Å². The van der Waals surface area contributed by atoms with Gasteiger partial charge in [0.15, 0.2) is 0 Å². The van der Waals surface area contributed by atoms with Crippen LogP contribution in [0.15, 0.2) is 47.7 Å². The van der Waals surface area contributed by atoms with Crippen LogP contribution in [0.3, 0.4) is 0 Å². The molecule has 1 aromatic carbocycles. The first-order chi connectivity index (χ1) is 13.2. The standard InChI is InChI=1S/C19H19N5O3/c1-27-18-15-11-14(2-3-16(15)21-12-22-18)23-6-8-24(9-7-23)19(26)13-4-5-20-17(25)10-13/h2-5,10-12H,6-9H2,1H3,(H,20,25). The summed E-state index contributed by atoms with van der Waals surface area (Å²) in [5.74, 6) is 0.430. The van der Waals surface area contributed by atoms with Crippen molar-refractivity contribution in [3.05, 3.63) is 58.8 Å². The predicted octanol–water partition coefficient (Wildman–Crippen LogP) is 1.29. The van der Waals surface area contributed by atoms with E-state index in [0.717, 1.165) is 16.6 Å². The predicted molar refractivity (Wildman–Crippen MR) is 101 cm³/mol. The Hall–Kier alpha value is -3.42. The molecule has 27 heavy (non-hydrogen) atoms. The molecule has 1 aliphatic rings. The van der Waals surface area contributed by atoms with Crippen molar-refractivity contribution in [3.8, 4) is 5.88 Å². The molecule has 138 valence electrons. The summed E-state index contributed by atoms with van der Waals surface area (Å²) >= 11 is 0. The van der Waals surface area contributed by atoms with Gasteiger partial charge in [-0.25, -0.2) is 9.97 Å². The monoisotopic (exact) mass is 365 g/mol. The van der Waals surface area contributed by atoms with Gasteiger partial charge in [-0.15, -0.1) is 0 Å². The second-order valence-corrected chi connectivity index (χ2v) is 6.31. The number of pyridine rings is 1. The van der Waals surface area contributed by atoms with Gasteiger partial charge >= 0.3 is 0 Å². The van der Waals surface area contributed by atoms with E-state index in [4.69, 9.17) is 4.74 Å². The van der Waals surface area contributed by atoms with Crippen molar-refractivity contribution in [1.29, 1.82) is 0 Å². The van der Waals surface area contributed by atoms with Crippen LogP contribution in [0.1, 0.15) is 10.4 Å². The van der Waals surface area contributed by atoms with E-state index < -0.39 is 0 Å². The van der Waals surface area contributed by atoms with Gasteiger partial charge in [-0.3, -0.25) is 9.59 Å². The number of nitrogens with one attached hydrogen (secondary N) is 1. The molecule has 1 amide bonds. The van der Waals surface area contributed by atoms with E-state index in [1.54, 1.807) is 18.1 Å². The zero-order valence-corrected chi connectivity index (χ0v) is 14.9. The third-order valence-corrected chi connectivity index (χ3v) is 4.73. The number of H-pyrrole nitrogens is 1. The Kier molecular flexibility index (Phi) is 4.45.